The zero-order valence-corrected chi connectivity index (χ0v) is 15.0. The number of rotatable bonds is 7. The van der Waals surface area contributed by atoms with E-state index in [1.165, 1.54) is 18.2 Å². The summed E-state index contributed by atoms with van der Waals surface area (Å²) in [7, 11) is -4.42. The second-order valence-electron chi connectivity index (χ2n) is 5.17. The molecule has 2 rings (SSSR count). The second kappa shape index (κ2) is 8.13. The summed E-state index contributed by atoms with van der Waals surface area (Å²) in [6, 6.07) is 7.09. The molecule has 0 fully saturated rings. The fraction of sp³-hybridized carbons (Fsp3) is 0.235. The van der Waals surface area contributed by atoms with Gasteiger partial charge in [0.05, 0.1) is 23.5 Å². The average molecular weight is 384 g/mol. The minimum atomic E-state index is -4.42. The summed E-state index contributed by atoms with van der Waals surface area (Å²) >= 11 is 0. The molecule has 0 unspecified atom stereocenters. The van der Waals surface area contributed by atoms with Gasteiger partial charge in [0, 0.05) is 6.54 Å². The first-order valence-corrected chi connectivity index (χ1v) is 9.30. The Balaban J connectivity index is 2.46. The Hall–Kier alpha value is -2.68. The van der Waals surface area contributed by atoms with E-state index >= 15 is 0 Å². The number of carbonyl (C=O) groups excluding carboxylic acids is 1. The number of hydrogen-bond acceptors (Lipinski definition) is 5. The highest BCUT2D eigenvalue weighted by molar-refractivity contribution is 7.92. The van der Waals surface area contributed by atoms with Crippen LogP contribution in [0.15, 0.2) is 41.3 Å². The van der Waals surface area contributed by atoms with Gasteiger partial charge in [0.2, 0.25) is 0 Å². The normalized spacial score (nSPS) is 11.1. The molecule has 140 valence electrons. The minimum Gasteiger partial charge on any atom is -0.462 e. The lowest BCUT2D eigenvalue weighted by Crippen LogP contribution is -2.17. The predicted molar refractivity (Wildman–Crippen MR) is 93.7 cm³/mol. The van der Waals surface area contributed by atoms with Crippen molar-refractivity contribution in [3.63, 3.8) is 0 Å². The summed E-state index contributed by atoms with van der Waals surface area (Å²) in [5.74, 6) is -3.39. The molecule has 0 aliphatic heterocycles. The number of esters is 1. The van der Waals surface area contributed by atoms with Crippen LogP contribution in [0.3, 0.4) is 0 Å². The van der Waals surface area contributed by atoms with Crippen LogP contribution in [-0.4, -0.2) is 27.5 Å². The number of carbonyl (C=O) groups is 1. The van der Waals surface area contributed by atoms with Gasteiger partial charge in [-0.2, -0.15) is 0 Å². The van der Waals surface area contributed by atoms with Crippen molar-refractivity contribution in [2.24, 2.45) is 0 Å². The number of ether oxygens (including phenoxy) is 1. The van der Waals surface area contributed by atoms with Crippen LogP contribution >= 0.6 is 0 Å². The maximum absolute atomic E-state index is 13.9. The van der Waals surface area contributed by atoms with E-state index < -0.39 is 32.5 Å². The molecule has 9 heteroatoms. The van der Waals surface area contributed by atoms with E-state index in [1.54, 1.807) is 13.8 Å². The first kappa shape index (κ1) is 19.6. The Morgan fingerprint density at radius 2 is 1.85 bits per heavy atom. The molecule has 0 atom stereocenters. The lowest BCUT2D eigenvalue weighted by Gasteiger charge is -2.15. The van der Waals surface area contributed by atoms with E-state index in [2.05, 4.69) is 10.0 Å². The summed E-state index contributed by atoms with van der Waals surface area (Å²) in [6.07, 6.45) is 0. The standard InChI is InChI=1S/C17H18F2N2O4S/c1-3-20-13-9-8-11(17(22)25-4-2)10-14(13)21-26(23,24)15-7-5-6-12(18)16(15)19/h5-10,20-21H,3-4H2,1-2H3. The first-order chi connectivity index (χ1) is 12.3. The molecule has 0 bridgehead atoms. The van der Waals surface area contributed by atoms with E-state index in [4.69, 9.17) is 4.74 Å². The van der Waals surface area contributed by atoms with Crippen molar-refractivity contribution >= 4 is 27.4 Å². The molecule has 0 spiro atoms. The van der Waals surface area contributed by atoms with Crippen molar-refractivity contribution in [3.8, 4) is 0 Å². The molecule has 0 aliphatic carbocycles. The Morgan fingerprint density at radius 1 is 1.12 bits per heavy atom. The van der Waals surface area contributed by atoms with Crippen LogP contribution in [-0.2, 0) is 14.8 Å². The maximum Gasteiger partial charge on any atom is 0.338 e. The predicted octanol–water partition coefficient (Wildman–Crippen LogP) is 3.37. The number of anilines is 2. The van der Waals surface area contributed by atoms with Crippen LogP contribution in [0, 0.1) is 11.6 Å². The molecule has 2 aromatic carbocycles. The van der Waals surface area contributed by atoms with Crippen LogP contribution in [0.5, 0.6) is 0 Å². The quantitative estimate of drug-likeness (QED) is 0.715. The number of sulfonamides is 1. The second-order valence-corrected chi connectivity index (χ2v) is 6.82. The van der Waals surface area contributed by atoms with Crippen LogP contribution in [0.25, 0.3) is 0 Å². The molecule has 0 radical (unpaired) electrons. The Morgan fingerprint density at radius 3 is 2.50 bits per heavy atom. The highest BCUT2D eigenvalue weighted by Crippen LogP contribution is 2.27. The SMILES string of the molecule is CCNc1ccc(C(=O)OCC)cc1NS(=O)(=O)c1cccc(F)c1F. The van der Waals surface area contributed by atoms with E-state index in [0.29, 0.717) is 12.2 Å². The lowest BCUT2D eigenvalue weighted by atomic mass is 10.1. The Kier molecular flexibility index (Phi) is 6.14. The molecule has 6 nitrogen and oxygen atoms in total. The van der Waals surface area contributed by atoms with Crippen molar-refractivity contribution in [1.82, 2.24) is 0 Å². The van der Waals surface area contributed by atoms with E-state index in [9.17, 15) is 22.0 Å². The third-order valence-corrected chi connectivity index (χ3v) is 4.73. The van der Waals surface area contributed by atoms with Gasteiger partial charge in [0.1, 0.15) is 4.90 Å². The molecule has 26 heavy (non-hydrogen) atoms. The van der Waals surface area contributed by atoms with Gasteiger partial charge >= 0.3 is 5.97 Å². The van der Waals surface area contributed by atoms with Crippen LogP contribution < -0.4 is 10.0 Å². The minimum absolute atomic E-state index is 0.0149. The van der Waals surface area contributed by atoms with Gasteiger partial charge in [0.15, 0.2) is 11.6 Å². The Bertz CT molecular complexity index is 917. The smallest absolute Gasteiger partial charge is 0.338 e. The molecule has 0 saturated carbocycles. The summed E-state index contributed by atoms with van der Waals surface area (Å²) in [5, 5.41) is 2.93. The van der Waals surface area contributed by atoms with Gasteiger partial charge in [-0.3, -0.25) is 4.72 Å². The van der Waals surface area contributed by atoms with Gasteiger partial charge in [-0.05, 0) is 44.2 Å². The fourth-order valence-electron chi connectivity index (χ4n) is 2.21. The highest BCUT2D eigenvalue weighted by Gasteiger charge is 2.23. The molecule has 0 amide bonds. The number of nitrogens with one attached hydrogen (secondary N) is 2. The summed E-state index contributed by atoms with van der Waals surface area (Å²) < 4.78 is 59.3. The topological polar surface area (TPSA) is 84.5 Å². The van der Waals surface area contributed by atoms with Crippen LogP contribution in [0.4, 0.5) is 20.2 Å². The van der Waals surface area contributed by atoms with E-state index in [-0.39, 0.29) is 17.9 Å². The first-order valence-electron chi connectivity index (χ1n) is 7.82. The maximum atomic E-state index is 13.9. The monoisotopic (exact) mass is 384 g/mol. The molecule has 0 aromatic heterocycles. The van der Waals surface area contributed by atoms with Crippen molar-refractivity contribution in [1.29, 1.82) is 0 Å². The van der Waals surface area contributed by atoms with Gasteiger partial charge in [0.25, 0.3) is 10.0 Å². The van der Waals surface area contributed by atoms with Gasteiger partial charge in [-0.1, -0.05) is 6.07 Å². The van der Waals surface area contributed by atoms with Crippen molar-refractivity contribution in [3.05, 3.63) is 53.6 Å². The summed E-state index contributed by atoms with van der Waals surface area (Å²) in [6.45, 7) is 4.07. The largest absolute Gasteiger partial charge is 0.462 e. The lowest BCUT2D eigenvalue weighted by molar-refractivity contribution is 0.0526. The van der Waals surface area contributed by atoms with Crippen LogP contribution in [0.2, 0.25) is 0 Å². The molecule has 0 heterocycles. The van der Waals surface area contributed by atoms with Gasteiger partial charge in [-0.15, -0.1) is 0 Å². The number of hydrogen-bond donors (Lipinski definition) is 2. The van der Waals surface area contributed by atoms with Gasteiger partial charge in [-0.25, -0.2) is 22.0 Å². The number of benzene rings is 2. The zero-order chi connectivity index (χ0) is 19.3. The molecular weight excluding hydrogens is 366 g/mol. The van der Waals surface area contributed by atoms with Gasteiger partial charge < -0.3 is 10.1 Å². The summed E-state index contributed by atoms with van der Waals surface area (Å²) in [4.78, 5) is 11.0. The van der Waals surface area contributed by atoms with E-state index in [0.717, 1.165) is 18.2 Å². The molecule has 2 aromatic rings. The number of halogens is 2. The molecule has 2 N–H and O–H groups in total. The fourth-order valence-corrected chi connectivity index (χ4v) is 3.37. The molecule has 0 aliphatic rings. The molecule has 0 saturated heterocycles. The summed E-state index contributed by atoms with van der Waals surface area (Å²) in [5.41, 5.74) is 0.507. The van der Waals surface area contributed by atoms with Crippen molar-refractivity contribution in [2.75, 3.05) is 23.2 Å². The third-order valence-electron chi connectivity index (χ3n) is 3.35. The average Bonchev–Trinajstić information content (AvgIpc) is 2.58. The Labute approximate surface area is 150 Å². The van der Waals surface area contributed by atoms with Crippen molar-refractivity contribution < 1.29 is 26.7 Å². The van der Waals surface area contributed by atoms with E-state index in [1.807, 2.05) is 0 Å². The molecular formula is C17H18F2N2O4S. The third kappa shape index (κ3) is 4.29. The van der Waals surface area contributed by atoms with Crippen molar-refractivity contribution in [2.45, 2.75) is 18.7 Å². The highest BCUT2D eigenvalue weighted by atomic mass is 32.2. The zero-order valence-electron chi connectivity index (χ0n) is 14.2. The van der Waals surface area contributed by atoms with Crippen LogP contribution in [0.1, 0.15) is 24.2 Å².